The molecule has 0 aliphatic rings. The van der Waals surface area contributed by atoms with Crippen LogP contribution in [-0.4, -0.2) is 58.6 Å². The molecule has 29 heavy (non-hydrogen) atoms. The van der Waals surface area contributed by atoms with Crippen molar-refractivity contribution in [1.82, 2.24) is 10.6 Å². The second-order valence-electron chi connectivity index (χ2n) is 6.64. The highest BCUT2D eigenvalue weighted by Gasteiger charge is 2.29. The van der Waals surface area contributed by atoms with Gasteiger partial charge in [-0.3, -0.25) is 14.4 Å². The highest BCUT2D eigenvalue weighted by atomic mass is 16.4. The number of rotatable bonds is 13. The van der Waals surface area contributed by atoms with Gasteiger partial charge in [-0.15, -0.1) is 0 Å². The van der Waals surface area contributed by atoms with Gasteiger partial charge in [0.2, 0.25) is 11.8 Å². The Labute approximate surface area is 168 Å². The molecule has 2 amide bonds. The normalized spacial score (nSPS) is 13.7. The summed E-state index contributed by atoms with van der Waals surface area (Å²) in [4.78, 5) is 47.3. The Hall–Kier alpha value is -2.98. The van der Waals surface area contributed by atoms with Gasteiger partial charge >= 0.3 is 11.9 Å². The Morgan fingerprint density at radius 1 is 0.931 bits per heavy atom. The van der Waals surface area contributed by atoms with Gasteiger partial charge in [-0.1, -0.05) is 36.8 Å². The molecule has 10 heteroatoms. The van der Waals surface area contributed by atoms with Gasteiger partial charge in [-0.25, -0.2) is 4.79 Å². The van der Waals surface area contributed by atoms with E-state index in [2.05, 4.69) is 10.6 Å². The fourth-order valence-electron chi connectivity index (χ4n) is 2.62. The molecule has 1 aromatic carbocycles. The third kappa shape index (κ3) is 9.17. The first kappa shape index (κ1) is 24.1. The topological polar surface area (TPSA) is 185 Å². The van der Waals surface area contributed by atoms with Gasteiger partial charge in [-0.2, -0.15) is 0 Å². The lowest BCUT2D eigenvalue weighted by atomic mass is 10.0. The average molecular weight is 408 g/mol. The number of carbonyl (C=O) groups is 4. The molecule has 10 nitrogen and oxygen atoms in total. The Morgan fingerprint density at radius 2 is 1.55 bits per heavy atom. The molecule has 0 aliphatic heterocycles. The molecule has 8 N–H and O–H groups in total. The number of nitrogens with one attached hydrogen (secondary N) is 2. The molecule has 3 atom stereocenters. The van der Waals surface area contributed by atoms with Crippen molar-refractivity contribution in [2.45, 2.75) is 50.2 Å². The lowest BCUT2D eigenvalue weighted by Crippen LogP contribution is -2.55. The maximum atomic E-state index is 12.5. The summed E-state index contributed by atoms with van der Waals surface area (Å²) in [6.07, 6.45) is 0.925. The zero-order valence-corrected chi connectivity index (χ0v) is 16.0. The van der Waals surface area contributed by atoms with Gasteiger partial charge < -0.3 is 32.3 Å². The van der Waals surface area contributed by atoms with Crippen LogP contribution >= 0.6 is 0 Å². The van der Waals surface area contributed by atoms with Crippen molar-refractivity contribution >= 4 is 23.8 Å². The van der Waals surface area contributed by atoms with E-state index in [1.807, 2.05) is 0 Å². The molecule has 0 aromatic heterocycles. The predicted molar refractivity (Wildman–Crippen MR) is 105 cm³/mol. The van der Waals surface area contributed by atoms with Crippen LogP contribution in [0.3, 0.4) is 0 Å². The molecule has 0 fully saturated rings. The highest BCUT2D eigenvalue weighted by molar-refractivity contribution is 5.93. The molecule has 1 rings (SSSR count). The van der Waals surface area contributed by atoms with Gasteiger partial charge in [0, 0.05) is 6.42 Å². The SMILES string of the molecule is NCCCCC(N)C(=O)NC(CC(=O)O)C(=O)NC(Cc1ccccc1)C(=O)O. The summed E-state index contributed by atoms with van der Waals surface area (Å²) < 4.78 is 0. The van der Waals surface area contributed by atoms with E-state index >= 15 is 0 Å². The zero-order valence-electron chi connectivity index (χ0n) is 16.0. The van der Waals surface area contributed by atoms with Gasteiger partial charge in [0.1, 0.15) is 12.1 Å². The second-order valence-corrected chi connectivity index (χ2v) is 6.64. The first-order chi connectivity index (χ1) is 13.7. The van der Waals surface area contributed by atoms with E-state index in [1.54, 1.807) is 30.3 Å². The van der Waals surface area contributed by atoms with Gasteiger partial charge in [0.25, 0.3) is 0 Å². The van der Waals surface area contributed by atoms with E-state index in [9.17, 15) is 24.3 Å². The van der Waals surface area contributed by atoms with Gasteiger partial charge in [-0.05, 0) is 24.9 Å². The molecule has 0 bridgehead atoms. The Morgan fingerprint density at radius 3 is 2.10 bits per heavy atom. The number of amides is 2. The molecular formula is C19H28N4O6. The van der Waals surface area contributed by atoms with E-state index in [1.165, 1.54) is 0 Å². The number of hydrogen-bond donors (Lipinski definition) is 6. The van der Waals surface area contributed by atoms with Crippen molar-refractivity contribution in [3.05, 3.63) is 35.9 Å². The van der Waals surface area contributed by atoms with Crippen LogP contribution in [0.1, 0.15) is 31.2 Å². The highest BCUT2D eigenvalue weighted by Crippen LogP contribution is 2.05. The fraction of sp³-hybridized carbons (Fsp3) is 0.474. The molecule has 160 valence electrons. The molecule has 0 radical (unpaired) electrons. The summed E-state index contributed by atoms with van der Waals surface area (Å²) >= 11 is 0. The fourth-order valence-corrected chi connectivity index (χ4v) is 2.62. The number of aliphatic carboxylic acids is 2. The molecule has 1 aromatic rings. The summed E-state index contributed by atoms with van der Waals surface area (Å²) in [5.41, 5.74) is 11.8. The third-order valence-electron chi connectivity index (χ3n) is 4.21. The largest absolute Gasteiger partial charge is 0.481 e. The standard InChI is InChI=1S/C19H28N4O6/c20-9-5-4-8-13(21)17(26)22-14(11-16(24)25)18(27)23-15(19(28)29)10-12-6-2-1-3-7-12/h1-3,6-7,13-15H,4-5,8-11,20-21H2,(H,22,26)(H,23,27)(H,24,25)(H,28,29). The first-order valence-corrected chi connectivity index (χ1v) is 9.29. The maximum absolute atomic E-state index is 12.5. The van der Waals surface area contributed by atoms with Crippen LogP contribution in [0.5, 0.6) is 0 Å². The van der Waals surface area contributed by atoms with Crippen LogP contribution in [0.4, 0.5) is 0 Å². The van der Waals surface area contributed by atoms with Gasteiger partial charge in [0.05, 0.1) is 12.5 Å². The van der Waals surface area contributed by atoms with E-state index < -0.39 is 48.3 Å². The predicted octanol–water partition coefficient (Wildman–Crippen LogP) is -0.786. The number of benzene rings is 1. The second kappa shape index (κ2) is 12.5. The van der Waals surface area contributed by atoms with Crippen LogP contribution in [0.2, 0.25) is 0 Å². The minimum atomic E-state index is -1.45. The number of hydrogen-bond acceptors (Lipinski definition) is 6. The molecular weight excluding hydrogens is 380 g/mol. The molecule has 3 unspecified atom stereocenters. The van der Waals surface area contributed by atoms with Crippen LogP contribution in [0.15, 0.2) is 30.3 Å². The third-order valence-corrected chi connectivity index (χ3v) is 4.21. The van der Waals surface area contributed by atoms with Crippen LogP contribution in [0, 0.1) is 0 Å². The molecule has 0 saturated heterocycles. The lowest BCUT2D eigenvalue weighted by molar-refractivity contribution is -0.143. The summed E-state index contributed by atoms with van der Waals surface area (Å²) in [6, 6.07) is 5.00. The van der Waals surface area contributed by atoms with E-state index in [0.29, 0.717) is 31.4 Å². The Kier molecular flexibility index (Phi) is 10.3. The minimum Gasteiger partial charge on any atom is -0.481 e. The number of carboxylic acids is 2. The minimum absolute atomic E-state index is 0.00819. The van der Waals surface area contributed by atoms with Gasteiger partial charge in [0.15, 0.2) is 0 Å². The van der Waals surface area contributed by atoms with Crippen LogP contribution in [0.25, 0.3) is 0 Å². The number of unbranched alkanes of at least 4 members (excludes halogenated alkanes) is 1. The number of nitrogens with two attached hydrogens (primary N) is 2. The van der Waals surface area contributed by atoms with Crippen molar-refractivity contribution in [1.29, 1.82) is 0 Å². The van der Waals surface area contributed by atoms with E-state index in [-0.39, 0.29) is 6.42 Å². The van der Waals surface area contributed by atoms with E-state index in [0.717, 1.165) is 0 Å². The number of carbonyl (C=O) groups excluding carboxylic acids is 2. The van der Waals surface area contributed by atoms with Crippen LogP contribution in [-0.2, 0) is 25.6 Å². The summed E-state index contributed by atoms with van der Waals surface area (Å²) in [7, 11) is 0. The molecule has 0 saturated carbocycles. The smallest absolute Gasteiger partial charge is 0.326 e. The van der Waals surface area contributed by atoms with E-state index in [4.69, 9.17) is 16.6 Å². The molecule has 0 spiro atoms. The van der Waals surface area contributed by atoms with Crippen molar-refractivity contribution in [2.75, 3.05) is 6.54 Å². The Balaban J connectivity index is 2.78. The maximum Gasteiger partial charge on any atom is 0.326 e. The quantitative estimate of drug-likeness (QED) is 0.229. The molecule has 0 aliphatic carbocycles. The van der Waals surface area contributed by atoms with Crippen molar-refractivity contribution in [3.8, 4) is 0 Å². The summed E-state index contributed by atoms with van der Waals surface area (Å²) in [6.45, 7) is 0.455. The number of carboxylic acid groups (broad SMARTS) is 2. The Bertz CT molecular complexity index is 697. The summed E-state index contributed by atoms with van der Waals surface area (Å²) in [5, 5.41) is 23.0. The first-order valence-electron chi connectivity index (χ1n) is 9.29. The van der Waals surface area contributed by atoms with Crippen molar-refractivity contribution in [3.63, 3.8) is 0 Å². The lowest BCUT2D eigenvalue weighted by Gasteiger charge is -2.22. The molecule has 0 heterocycles. The average Bonchev–Trinajstić information content (AvgIpc) is 2.67. The van der Waals surface area contributed by atoms with Crippen LogP contribution < -0.4 is 22.1 Å². The zero-order chi connectivity index (χ0) is 21.8. The summed E-state index contributed by atoms with van der Waals surface area (Å²) in [5.74, 6) is -4.19. The van der Waals surface area contributed by atoms with Crippen molar-refractivity contribution < 1.29 is 29.4 Å². The van der Waals surface area contributed by atoms with Crippen molar-refractivity contribution in [2.24, 2.45) is 11.5 Å². The monoisotopic (exact) mass is 408 g/mol.